The summed E-state index contributed by atoms with van der Waals surface area (Å²) in [4.78, 5) is 26.4. The highest BCUT2D eigenvalue weighted by Crippen LogP contribution is 1.96. The van der Waals surface area contributed by atoms with Crippen molar-refractivity contribution in [2.45, 2.75) is 0 Å². The molecule has 0 saturated carbocycles. The summed E-state index contributed by atoms with van der Waals surface area (Å²) < 4.78 is 0. The second-order valence-corrected chi connectivity index (χ2v) is 3.28. The van der Waals surface area contributed by atoms with Crippen molar-refractivity contribution in [3.05, 3.63) is 62.8 Å². The molecule has 1 aromatic carbocycles. The molecule has 2 aromatic rings. The second kappa shape index (κ2) is 4.93. The van der Waals surface area contributed by atoms with E-state index < -0.39 is 11.2 Å². The second-order valence-electron chi connectivity index (χ2n) is 3.28. The van der Waals surface area contributed by atoms with Gasteiger partial charge in [-0.1, -0.05) is 30.3 Å². The van der Waals surface area contributed by atoms with Crippen molar-refractivity contribution in [3.8, 4) is 0 Å². The van der Waals surface area contributed by atoms with Crippen LogP contribution < -0.4 is 16.7 Å². The molecule has 1 aromatic heterocycles. The Morgan fingerprint density at radius 1 is 1.12 bits per heavy atom. The van der Waals surface area contributed by atoms with Crippen LogP contribution in [0.4, 0.5) is 5.82 Å². The van der Waals surface area contributed by atoms with Crippen molar-refractivity contribution in [2.24, 2.45) is 5.10 Å². The first-order chi connectivity index (χ1) is 8.24. The summed E-state index contributed by atoms with van der Waals surface area (Å²) in [6.45, 7) is 0. The van der Waals surface area contributed by atoms with Crippen molar-refractivity contribution >= 4 is 12.0 Å². The van der Waals surface area contributed by atoms with Gasteiger partial charge in [0.15, 0.2) is 0 Å². The third-order valence-electron chi connectivity index (χ3n) is 1.96. The van der Waals surface area contributed by atoms with Crippen LogP contribution in [0.1, 0.15) is 5.56 Å². The highest BCUT2D eigenvalue weighted by molar-refractivity contribution is 5.79. The quantitative estimate of drug-likeness (QED) is 0.530. The number of nitrogens with zero attached hydrogens (tertiary/aromatic N) is 1. The van der Waals surface area contributed by atoms with Crippen LogP contribution in [0.15, 0.2) is 51.1 Å². The summed E-state index contributed by atoms with van der Waals surface area (Å²) in [6.07, 6.45) is 1.58. The zero-order valence-electron chi connectivity index (χ0n) is 8.81. The molecule has 0 amide bonds. The Morgan fingerprint density at radius 2 is 1.88 bits per heavy atom. The molecule has 1 heterocycles. The van der Waals surface area contributed by atoms with E-state index in [1.165, 1.54) is 6.07 Å². The third kappa shape index (κ3) is 3.16. The van der Waals surface area contributed by atoms with E-state index in [2.05, 4.69) is 20.5 Å². The van der Waals surface area contributed by atoms with Gasteiger partial charge in [0.2, 0.25) is 0 Å². The molecule has 86 valence electrons. The van der Waals surface area contributed by atoms with Crippen LogP contribution >= 0.6 is 0 Å². The Morgan fingerprint density at radius 3 is 2.59 bits per heavy atom. The fourth-order valence-electron chi connectivity index (χ4n) is 1.24. The van der Waals surface area contributed by atoms with Crippen molar-refractivity contribution in [1.29, 1.82) is 0 Å². The Kier molecular flexibility index (Phi) is 3.15. The average Bonchev–Trinajstić information content (AvgIpc) is 2.29. The van der Waals surface area contributed by atoms with Gasteiger partial charge in [0.1, 0.15) is 5.82 Å². The molecule has 0 radical (unpaired) electrons. The Bertz CT molecular complexity index is 599. The first kappa shape index (κ1) is 10.9. The Labute approximate surface area is 96.0 Å². The number of aromatic amines is 2. The van der Waals surface area contributed by atoms with E-state index in [1.807, 2.05) is 30.3 Å². The minimum absolute atomic E-state index is 0.242. The maximum atomic E-state index is 11.0. The van der Waals surface area contributed by atoms with Crippen LogP contribution in [0.2, 0.25) is 0 Å². The lowest BCUT2D eigenvalue weighted by molar-refractivity contribution is 1.03. The highest BCUT2D eigenvalue weighted by atomic mass is 16.2. The van der Waals surface area contributed by atoms with Crippen molar-refractivity contribution in [3.63, 3.8) is 0 Å². The molecule has 6 nitrogen and oxygen atoms in total. The number of H-pyrrole nitrogens is 2. The van der Waals surface area contributed by atoms with Crippen LogP contribution in [-0.2, 0) is 0 Å². The molecular formula is C11H10N4O2. The minimum atomic E-state index is -0.574. The summed E-state index contributed by atoms with van der Waals surface area (Å²) in [5.41, 5.74) is 2.42. The van der Waals surface area contributed by atoms with Gasteiger partial charge in [-0.15, -0.1) is 0 Å². The van der Waals surface area contributed by atoms with Gasteiger partial charge in [-0.25, -0.2) is 4.79 Å². The lowest BCUT2D eigenvalue weighted by atomic mass is 10.2. The molecule has 0 unspecified atom stereocenters. The van der Waals surface area contributed by atoms with Gasteiger partial charge in [0.25, 0.3) is 5.56 Å². The molecule has 0 saturated heterocycles. The van der Waals surface area contributed by atoms with Crippen LogP contribution in [0.5, 0.6) is 0 Å². The molecule has 0 bridgehead atoms. The first-order valence-corrected chi connectivity index (χ1v) is 4.92. The molecule has 6 heteroatoms. The molecule has 0 fully saturated rings. The van der Waals surface area contributed by atoms with Crippen molar-refractivity contribution < 1.29 is 0 Å². The summed E-state index contributed by atoms with van der Waals surface area (Å²) in [7, 11) is 0. The van der Waals surface area contributed by atoms with Gasteiger partial charge in [-0.3, -0.25) is 20.2 Å². The van der Waals surface area contributed by atoms with E-state index >= 15 is 0 Å². The monoisotopic (exact) mass is 230 g/mol. The first-order valence-electron chi connectivity index (χ1n) is 4.92. The van der Waals surface area contributed by atoms with Crippen molar-refractivity contribution in [1.82, 2.24) is 9.97 Å². The molecule has 0 spiro atoms. The van der Waals surface area contributed by atoms with Crippen LogP contribution in [0, 0.1) is 0 Å². The van der Waals surface area contributed by atoms with E-state index in [0.717, 1.165) is 5.56 Å². The van der Waals surface area contributed by atoms with Crippen LogP contribution in [0.25, 0.3) is 0 Å². The van der Waals surface area contributed by atoms with E-state index in [-0.39, 0.29) is 5.82 Å². The van der Waals surface area contributed by atoms with E-state index in [4.69, 9.17) is 0 Å². The highest BCUT2D eigenvalue weighted by Gasteiger charge is 1.93. The fourth-order valence-corrected chi connectivity index (χ4v) is 1.24. The fraction of sp³-hybridized carbons (Fsp3) is 0. The van der Waals surface area contributed by atoms with Crippen LogP contribution in [-0.4, -0.2) is 16.2 Å². The number of hydrogen-bond donors (Lipinski definition) is 3. The van der Waals surface area contributed by atoms with Gasteiger partial charge in [-0.2, -0.15) is 5.10 Å². The summed E-state index contributed by atoms with van der Waals surface area (Å²) in [5.74, 6) is 0.242. The van der Waals surface area contributed by atoms with E-state index in [9.17, 15) is 9.59 Å². The predicted molar refractivity (Wildman–Crippen MR) is 65.3 cm³/mol. The number of rotatable bonds is 3. The molecule has 2 rings (SSSR count). The maximum absolute atomic E-state index is 11.0. The molecule has 3 N–H and O–H groups in total. The zero-order valence-corrected chi connectivity index (χ0v) is 8.81. The van der Waals surface area contributed by atoms with Gasteiger partial charge in [0.05, 0.1) is 6.21 Å². The number of nitrogens with one attached hydrogen (secondary N) is 3. The molecule has 17 heavy (non-hydrogen) atoms. The standard InChI is InChI=1S/C11H10N4O2/c16-10-6-9(13-11(17)14-10)15-12-7-8-4-2-1-3-5-8/h1-7H,(H3,13,14,15,16,17). The van der Waals surface area contributed by atoms with E-state index in [1.54, 1.807) is 6.21 Å². The Hall–Kier alpha value is -2.63. The van der Waals surface area contributed by atoms with E-state index in [0.29, 0.717) is 0 Å². The van der Waals surface area contributed by atoms with Gasteiger partial charge < -0.3 is 0 Å². The predicted octanol–water partition coefficient (Wildman–Crippen LogP) is 0.509. The average molecular weight is 230 g/mol. The van der Waals surface area contributed by atoms with Gasteiger partial charge in [-0.05, 0) is 5.56 Å². The van der Waals surface area contributed by atoms with Gasteiger partial charge in [0, 0.05) is 6.07 Å². The number of aromatic nitrogens is 2. The zero-order chi connectivity index (χ0) is 12.1. The number of hydrogen-bond acceptors (Lipinski definition) is 4. The molecule has 0 aliphatic heterocycles. The number of hydrazone groups is 1. The molecular weight excluding hydrogens is 220 g/mol. The molecule has 0 aliphatic carbocycles. The molecule has 0 atom stereocenters. The maximum Gasteiger partial charge on any atom is 0.327 e. The summed E-state index contributed by atoms with van der Waals surface area (Å²) in [5, 5.41) is 3.90. The summed E-state index contributed by atoms with van der Waals surface area (Å²) >= 11 is 0. The van der Waals surface area contributed by atoms with Gasteiger partial charge >= 0.3 is 5.69 Å². The minimum Gasteiger partial charge on any atom is -0.292 e. The largest absolute Gasteiger partial charge is 0.327 e. The summed E-state index contributed by atoms with van der Waals surface area (Å²) in [6, 6.07) is 10.6. The number of anilines is 1. The SMILES string of the molecule is O=c1cc(NN=Cc2ccccc2)[nH]c(=O)[nH]1. The topological polar surface area (TPSA) is 90.1 Å². The Balaban J connectivity index is 2.10. The molecule has 0 aliphatic rings. The normalized spacial score (nSPS) is 10.6. The number of benzene rings is 1. The third-order valence-corrected chi connectivity index (χ3v) is 1.96. The van der Waals surface area contributed by atoms with Crippen LogP contribution in [0.3, 0.4) is 0 Å². The lowest BCUT2D eigenvalue weighted by Crippen LogP contribution is -2.22. The smallest absolute Gasteiger partial charge is 0.292 e. The lowest BCUT2D eigenvalue weighted by Gasteiger charge is -1.97. The van der Waals surface area contributed by atoms with Crippen molar-refractivity contribution in [2.75, 3.05) is 5.43 Å².